The Morgan fingerprint density at radius 2 is 1.81 bits per heavy atom. The zero-order valence-corrected chi connectivity index (χ0v) is 20.0. The minimum Gasteiger partial charge on any atom is -0.484 e. The molecular weight excluding hydrogens is 478 g/mol. The van der Waals surface area contributed by atoms with Gasteiger partial charge in [0.25, 0.3) is 5.91 Å². The number of nitrogens with zero attached hydrogens (tertiary/aromatic N) is 6. The number of anilines is 2. The Hall–Kier alpha value is -4.42. The first-order valence-corrected chi connectivity index (χ1v) is 11.7. The summed E-state index contributed by atoms with van der Waals surface area (Å²) in [6.07, 6.45) is 0. The SMILES string of the molecule is N#Cc1cccc(-c2ccc3nc(N)nc(N4CCN(C(=O)COc5ccc(Cl)cc5)CC4)c3n2)c1. The second-order valence-corrected chi connectivity index (χ2v) is 8.71. The van der Waals surface area contributed by atoms with Crippen LogP contribution in [0.25, 0.3) is 22.3 Å². The molecule has 0 saturated carbocycles. The molecule has 1 fully saturated rings. The number of nitrogen functional groups attached to an aromatic ring is 1. The molecule has 36 heavy (non-hydrogen) atoms. The third kappa shape index (κ3) is 4.99. The maximum atomic E-state index is 12.7. The Bertz CT molecular complexity index is 1460. The molecule has 0 spiro atoms. The third-order valence-electron chi connectivity index (χ3n) is 5.94. The van der Waals surface area contributed by atoms with Crippen molar-refractivity contribution in [1.29, 1.82) is 5.26 Å². The molecule has 5 rings (SSSR count). The zero-order valence-electron chi connectivity index (χ0n) is 19.3. The number of halogens is 1. The van der Waals surface area contributed by atoms with Crippen molar-refractivity contribution in [3.8, 4) is 23.1 Å². The van der Waals surface area contributed by atoms with Gasteiger partial charge in [0.05, 0.1) is 22.8 Å². The predicted molar refractivity (Wildman–Crippen MR) is 138 cm³/mol. The molecule has 0 bridgehead atoms. The highest BCUT2D eigenvalue weighted by Gasteiger charge is 2.24. The molecular formula is C26H22ClN7O2. The molecule has 0 radical (unpaired) electrons. The number of nitriles is 1. The molecule has 1 aliphatic heterocycles. The minimum atomic E-state index is -0.0885. The van der Waals surface area contributed by atoms with Gasteiger partial charge in [0.2, 0.25) is 5.95 Å². The van der Waals surface area contributed by atoms with Crippen LogP contribution in [0.5, 0.6) is 5.75 Å². The fraction of sp³-hybridized carbons (Fsp3) is 0.192. The molecule has 180 valence electrons. The van der Waals surface area contributed by atoms with E-state index in [0.29, 0.717) is 65.1 Å². The van der Waals surface area contributed by atoms with Crippen LogP contribution in [-0.4, -0.2) is 58.5 Å². The Morgan fingerprint density at radius 1 is 1.03 bits per heavy atom. The van der Waals surface area contributed by atoms with Crippen LogP contribution in [-0.2, 0) is 4.79 Å². The first kappa shape index (κ1) is 23.3. The maximum Gasteiger partial charge on any atom is 0.260 e. The van der Waals surface area contributed by atoms with E-state index in [2.05, 4.69) is 20.9 Å². The first-order valence-electron chi connectivity index (χ1n) is 11.4. The largest absolute Gasteiger partial charge is 0.484 e. The van der Waals surface area contributed by atoms with Crippen molar-refractivity contribution in [2.24, 2.45) is 0 Å². The molecule has 0 unspecified atom stereocenters. The number of carbonyl (C=O) groups excluding carboxylic acids is 1. The van der Waals surface area contributed by atoms with Crippen molar-refractivity contribution in [1.82, 2.24) is 19.9 Å². The monoisotopic (exact) mass is 499 g/mol. The van der Waals surface area contributed by atoms with E-state index in [-0.39, 0.29) is 18.5 Å². The summed E-state index contributed by atoms with van der Waals surface area (Å²) >= 11 is 5.89. The molecule has 2 N–H and O–H groups in total. The number of carbonyl (C=O) groups is 1. The predicted octanol–water partition coefficient (Wildman–Crippen LogP) is 3.53. The number of ether oxygens (including phenoxy) is 1. The molecule has 0 atom stereocenters. The van der Waals surface area contributed by atoms with Gasteiger partial charge in [-0.05, 0) is 48.5 Å². The van der Waals surface area contributed by atoms with E-state index in [4.69, 9.17) is 27.1 Å². The van der Waals surface area contributed by atoms with Crippen LogP contribution in [0.1, 0.15) is 5.56 Å². The standard InChI is InChI=1S/C26H22ClN7O2/c27-19-4-6-20(7-5-19)36-16-23(35)33-10-12-34(13-11-33)25-24-22(31-26(29)32-25)9-8-21(30-24)18-3-1-2-17(14-18)15-28/h1-9,14H,10-13,16H2,(H2,29,31,32). The third-order valence-corrected chi connectivity index (χ3v) is 6.19. The second kappa shape index (κ2) is 10.1. The summed E-state index contributed by atoms with van der Waals surface area (Å²) in [6.45, 7) is 2.11. The summed E-state index contributed by atoms with van der Waals surface area (Å²) in [4.78, 5) is 30.2. The normalized spacial score (nSPS) is 13.4. The van der Waals surface area contributed by atoms with Gasteiger partial charge < -0.3 is 20.3 Å². The number of benzene rings is 2. The number of hydrogen-bond acceptors (Lipinski definition) is 8. The van der Waals surface area contributed by atoms with Gasteiger partial charge in [0.15, 0.2) is 12.4 Å². The fourth-order valence-electron chi connectivity index (χ4n) is 4.08. The lowest BCUT2D eigenvalue weighted by Gasteiger charge is -2.35. The summed E-state index contributed by atoms with van der Waals surface area (Å²) in [7, 11) is 0. The van der Waals surface area contributed by atoms with Gasteiger partial charge >= 0.3 is 0 Å². The van der Waals surface area contributed by atoms with Crippen molar-refractivity contribution in [3.63, 3.8) is 0 Å². The lowest BCUT2D eigenvalue weighted by molar-refractivity contribution is -0.133. The van der Waals surface area contributed by atoms with Gasteiger partial charge in [0.1, 0.15) is 11.3 Å². The number of amides is 1. The summed E-state index contributed by atoms with van der Waals surface area (Å²) < 4.78 is 5.60. The van der Waals surface area contributed by atoms with Crippen LogP contribution in [0.3, 0.4) is 0 Å². The number of nitrogens with two attached hydrogens (primary N) is 1. The van der Waals surface area contributed by atoms with Crippen LogP contribution in [0.4, 0.5) is 11.8 Å². The molecule has 2 aromatic carbocycles. The van der Waals surface area contributed by atoms with Crippen molar-refractivity contribution in [2.75, 3.05) is 43.4 Å². The molecule has 10 heteroatoms. The highest BCUT2D eigenvalue weighted by molar-refractivity contribution is 6.30. The van der Waals surface area contributed by atoms with Crippen LogP contribution in [0.15, 0.2) is 60.7 Å². The molecule has 3 heterocycles. The second-order valence-electron chi connectivity index (χ2n) is 8.27. The van der Waals surface area contributed by atoms with Crippen LogP contribution in [0, 0.1) is 11.3 Å². The first-order chi connectivity index (χ1) is 17.5. The summed E-state index contributed by atoms with van der Waals surface area (Å²) in [5.41, 5.74) is 9.35. The van der Waals surface area contributed by atoms with E-state index in [9.17, 15) is 10.1 Å². The summed E-state index contributed by atoms with van der Waals surface area (Å²) in [5, 5.41) is 9.85. The number of fused-ring (bicyclic) bond motifs is 1. The number of rotatable bonds is 5. The van der Waals surface area contributed by atoms with E-state index in [1.165, 1.54) is 0 Å². The molecule has 4 aromatic rings. The highest BCUT2D eigenvalue weighted by atomic mass is 35.5. The lowest BCUT2D eigenvalue weighted by Crippen LogP contribution is -2.50. The van der Waals surface area contributed by atoms with Gasteiger partial charge in [-0.25, -0.2) is 9.97 Å². The Balaban J connectivity index is 1.32. The summed E-state index contributed by atoms with van der Waals surface area (Å²) in [5.74, 6) is 1.29. The van der Waals surface area contributed by atoms with Gasteiger partial charge in [-0.15, -0.1) is 0 Å². The van der Waals surface area contributed by atoms with Gasteiger partial charge in [0, 0.05) is 36.8 Å². The van der Waals surface area contributed by atoms with E-state index in [1.54, 1.807) is 41.3 Å². The van der Waals surface area contributed by atoms with E-state index < -0.39 is 0 Å². The molecule has 2 aromatic heterocycles. The molecule has 1 saturated heterocycles. The van der Waals surface area contributed by atoms with Crippen molar-refractivity contribution >= 4 is 40.3 Å². The van der Waals surface area contributed by atoms with Crippen LogP contribution < -0.4 is 15.4 Å². The number of aromatic nitrogens is 3. The number of hydrogen-bond donors (Lipinski definition) is 1. The molecule has 1 aliphatic rings. The van der Waals surface area contributed by atoms with Gasteiger partial charge in [-0.3, -0.25) is 4.79 Å². The Labute approximate surface area is 212 Å². The summed E-state index contributed by atoms with van der Waals surface area (Å²) in [6, 6.07) is 20.0. The van der Waals surface area contributed by atoms with Crippen LogP contribution in [0.2, 0.25) is 5.02 Å². The van der Waals surface area contributed by atoms with Crippen molar-refractivity contribution in [3.05, 3.63) is 71.2 Å². The van der Waals surface area contributed by atoms with Gasteiger partial charge in [-0.1, -0.05) is 23.7 Å². The fourth-order valence-corrected chi connectivity index (χ4v) is 4.21. The maximum absolute atomic E-state index is 12.7. The quantitative estimate of drug-likeness (QED) is 0.442. The number of piperazine rings is 1. The molecule has 0 aliphatic carbocycles. The van der Waals surface area contributed by atoms with E-state index in [1.807, 2.05) is 24.3 Å². The van der Waals surface area contributed by atoms with Gasteiger partial charge in [-0.2, -0.15) is 10.2 Å². The smallest absolute Gasteiger partial charge is 0.260 e. The van der Waals surface area contributed by atoms with E-state index in [0.717, 1.165) is 5.56 Å². The van der Waals surface area contributed by atoms with Crippen molar-refractivity contribution < 1.29 is 9.53 Å². The highest BCUT2D eigenvalue weighted by Crippen LogP contribution is 2.28. The lowest BCUT2D eigenvalue weighted by atomic mass is 10.1. The minimum absolute atomic E-state index is 0.0440. The average molecular weight is 500 g/mol. The van der Waals surface area contributed by atoms with Crippen LogP contribution >= 0.6 is 11.6 Å². The number of pyridine rings is 1. The topological polar surface area (TPSA) is 121 Å². The Morgan fingerprint density at radius 3 is 2.56 bits per heavy atom. The Kier molecular flexibility index (Phi) is 6.52. The average Bonchev–Trinajstić information content (AvgIpc) is 2.92. The van der Waals surface area contributed by atoms with E-state index >= 15 is 0 Å². The molecule has 1 amide bonds. The van der Waals surface area contributed by atoms with Crippen molar-refractivity contribution in [2.45, 2.75) is 0 Å². The molecule has 9 nitrogen and oxygen atoms in total. The zero-order chi connectivity index (χ0) is 25.1.